The van der Waals surface area contributed by atoms with Crippen LogP contribution in [0, 0.1) is 0 Å². The van der Waals surface area contributed by atoms with Gasteiger partial charge in [-0.1, -0.05) is 48.5 Å². The van der Waals surface area contributed by atoms with Crippen LogP contribution in [0.4, 0.5) is 5.69 Å². The fourth-order valence-electron chi connectivity index (χ4n) is 3.87. The highest BCUT2D eigenvalue weighted by molar-refractivity contribution is 5.62. The SMILES string of the molecule is Nc1ccc(C(c2ccc(O)cc2)(c2ccc(O)cc2)c2ccc(O)cc2)cc1. The van der Waals surface area contributed by atoms with E-state index < -0.39 is 5.41 Å². The van der Waals surface area contributed by atoms with Crippen LogP contribution in [0.25, 0.3) is 0 Å². The molecule has 4 rings (SSSR count). The lowest BCUT2D eigenvalue weighted by Gasteiger charge is -2.37. The van der Waals surface area contributed by atoms with Crippen LogP contribution in [0.2, 0.25) is 0 Å². The molecule has 0 saturated carbocycles. The van der Waals surface area contributed by atoms with E-state index in [0.717, 1.165) is 22.3 Å². The quantitative estimate of drug-likeness (QED) is 0.302. The number of anilines is 1. The van der Waals surface area contributed by atoms with Crippen molar-refractivity contribution >= 4 is 5.69 Å². The zero-order valence-electron chi connectivity index (χ0n) is 15.7. The largest absolute Gasteiger partial charge is 0.508 e. The first-order valence-corrected chi connectivity index (χ1v) is 9.24. The molecule has 0 spiro atoms. The van der Waals surface area contributed by atoms with E-state index in [1.54, 1.807) is 36.4 Å². The smallest absolute Gasteiger partial charge is 0.115 e. The molecule has 4 aromatic carbocycles. The average Bonchev–Trinajstić information content (AvgIpc) is 2.73. The minimum absolute atomic E-state index is 0.177. The van der Waals surface area contributed by atoms with Crippen LogP contribution in [0.15, 0.2) is 97.1 Å². The lowest BCUT2D eigenvalue weighted by atomic mass is 9.65. The molecule has 0 radical (unpaired) electrons. The Hall–Kier alpha value is -3.92. The Kier molecular flexibility index (Phi) is 4.61. The van der Waals surface area contributed by atoms with Crippen LogP contribution in [0.3, 0.4) is 0 Å². The molecule has 144 valence electrons. The van der Waals surface area contributed by atoms with Crippen molar-refractivity contribution in [3.05, 3.63) is 119 Å². The molecule has 0 fully saturated rings. The molecule has 0 saturated heterocycles. The molecule has 0 amide bonds. The molecular weight excluding hydrogens is 362 g/mol. The molecule has 0 aliphatic rings. The highest BCUT2D eigenvalue weighted by Crippen LogP contribution is 2.46. The van der Waals surface area contributed by atoms with Crippen molar-refractivity contribution in [1.29, 1.82) is 0 Å². The minimum Gasteiger partial charge on any atom is -0.508 e. The first-order chi connectivity index (χ1) is 14.0. The molecule has 0 heterocycles. The van der Waals surface area contributed by atoms with Gasteiger partial charge < -0.3 is 21.1 Å². The predicted molar refractivity (Wildman–Crippen MR) is 114 cm³/mol. The van der Waals surface area contributed by atoms with Crippen LogP contribution in [0.1, 0.15) is 22.3 Å². The zero-order valence-corrected chi connectivity index (χ0v) is 15.7. The minimum atomic E-state index is -0.747. The third kappa shape index (κ3) is 3.25. The molecule has 29 heavy (non-hydrogen) atoms. The topological polar surface area (TPSA) is 86.7 Å². The summed E-state index contributed by atoms with van der Waals surface area (Å²) in [5, 5.41) is 29.6. The van der Waals surface area contributed by atoms with Crippen molar-refractivity contribution in [2.24, 2.45) is 0 Å². The highest BCUT2D eigenvalue weighted by atomic mass is 16.3. The monoisotopic (exact) mass is 383 g/mol. The van der Waals surface area contributed by atoms with Crippen LogP contribution in [-0.4, -0.2) is 15.3 Å². The Morgan fingerprint density at radius 1 is 0.414 bits per heavy atom. The van der Waals surface area contributed by atoms with Gasteiger partial charge in [0.2, 0.25) is 0 Å². The van der Waals surface area contributed by atoms with Gasteiger partial charge >= 0.3 is 0 Å². The Bertz CT molecular complexity index is 913. The van der Waals surface area contributed by atoms with Crippen molar-refractivity contribution in [3.63, 3.8) is 0 Å². The van der Waals surface area contributed by atoms with E-state index in [0.29, 0.717) is 5.69 Å². The van der Waals surface area contributed by atoms with Gasteiger partial charge in [-0.2, -0.15) is 0 Å². The Balaban J connectivity index is 2.11. The first-order valence-electron chi connectivity index (χ1n) is 9.24. The lowest BCUT2D eigenvalue weighted by molar-refractivity contribution is 0.474. The van der Waals surface area contributed by atoms with Crippen LogP contribution in [-0.2, 0) is 5.41 Å². The van der Waals surface area contributed by atoms with Gasteiger partial charge in [0.05, 0.1) is 5.41 Å². The molecule has 4 heteroatoms. The summed E-state index contributed by atoms with van der Waals surface area (Å²) in [5.74, 6) is 0.532. The standard InChI is InChI=1S/C25H21NO3/c26-21-9-1-17(2-10-21)25(18-3-11-22(27)12-4-18,19-5-13-23(28)14-6-19)20-7-15-24(29)16-8-20/h1-16,27-29H,26H2. The normalized spacial score (nSPS) is 11.3. The Morgan fingerprint density at radius 3 is 0.931 bits per heavy atom. The molecule has 0 aliphatic heterocycles. The van der Waals surface area contributed by atoms with E-state index in [9.17, 15) is 15.3 Å². The number of nitrogens with two attached hydrogens (primary N) is 1. The molecule has 0 atom stereocenters. The summed E-state index contributed by atoms with van der Waals surface area (Å²) in [5.41, 5.74) is 9.60. The molecular formula is C25H21NO3. The number of hydrogen-bond acceptors (Lipinski definition) is 4. The van der Waals surface area contributed by atoms with Gasteiger partial charge in [-0.3, -0.25) is 0 Å². The zero-order chi connectivity index (χ0) is 20.4. The number of hydrogen-bond donors (Lipinski definition) is 4. The Morgan fingerprint density at radius 2 is 0.655 bits per heavy atom. The number of phenolic OH excluding ortho intramolecular Hbond substituents is 3. The van der Waals surface area contributed by atoms with E-state index in [1.165, 1.54) is 0 Å². The second-order valence-electron chi connectivity index (χ2n) is 7.01. The van der Waals surface area contributed by atoms with E-state index in [4.69, 9.17) is 5.73 Å². The summed E-state index contributed by atoms with van der Waals surface area (Å²) in [6, 6.07) is 28.9. The maximum absolute atomic E-state index is 9.86. The van der Waals surface area contributed by atoms with Crippen LogP contribution >= 0.6 is 0 Å². The fraction of sp³-hybridized carbons (Fsp3) is 0.0400. The number of phenols is 3. The van der Waals surface area contributed by atoms with Crippen molar-refractivity contribution in [3.8, 4) is 17.2 Å². The van der Waals surface area contributed by atoms with Gasteiger partial charge in [-0.05, 0) is 70.8 Å². The van der Waals surface area contributed by atoms with Gasteiger partial charge in [-0.25, -0.2) is 0 Å². The summed E-state index contributed by atoms with van der Waals surface area (Å²) < 4.78 is 0. The molecule has 4 nitrogen and oxygen atoms in total. The van der Waals surface area contributed by atoms with Gasteiger partial charge in [0.1, 0.15) is 17.2 Å². The van der Waals surface area contributed by atoms with Crippen molar-refractivity contribution in [1.82, 2.24) is 0 Å². The second-order valence-corrected chi connectivity index (χ2v) is 7.01. The third-order valence-corrected chi connectivity index (χ3v) is 5.24. The van der Waals surface area contributed by atoms with E-state index in [1.807, 2.05) is 60.7 Å². The number of aromatic hydroxyl groups is 3. The lowest BCUT2D eigenvalue weighted by Crippen LogP contribution is -2.31. The van der Waals surface area contributed by atoms with Gasteiger partial charge in [0.25, 0.3) is 0 Å². The summed E-state index contributed by atoms with van der Waals surface area (Å²) in [6.45, 7) is 0. The second kappa shape index (κ2) is 7.24. The summed E-state index contributed by atoms with van der Waals surface area (Å²) in [6.07, 6.45) is 0. The number of nitrogen functional groups attached to an aromatic ring is 1. The van der Waals surface area contributed by atoms with Crippen molar-refractivity contribution < 1.29 is 15.3 Å². The molecule has 0 bridgehead atoms. The van der Waals surface area contributed by atoms with Gasteiger partial charge in [-0.15, -0.1) is 0 Å². The van der Waals surface area contributed by atoms with E-state index >= 15 is 0 Å². The van der Waals surface area contributed by atoms with Crippen LogP contribution in [0.5, 0.6) is 17.2 Å². The fourth-order valence-corrected chi connectivity index (χ4v) is 3.87. The third-order valence-electron chi connectivity index (χ3n) is 5.24. The summed E-state index contributed by atoms with van der Waals surface area (Å²) >= 11 is 0. The number of rotatable bonds is 4. The Labute approximate surface area is 169 Å². The highest BCUT2D eigenvalue weighted by Gasteiger charge is 2.38. The molecule has 4 aromatic rings. The molecule has 5 N–H and O–H groups in total. The van der Waals surface area contributed by atoms with Crippen LogP contribution < -0.4 is 5.73 Å². The van der Waals surface area contributed by atoms with Crippen molar-refractivity contribution in [2.45, 2.75) is 5.41 Å². The average molecular weight is 383 g/mol. The molecule has 0 aromatic heterocycles. The first kappa shape index (κ1) is 18.4. The summed E-state index contributed by atoms with van der Waals surface area (Å²) in [7, 11) is 0. The van der Waals surface area contributed by atoms with Crippen molar-refractivity contribution in [2.75, 3.05) is 5.73 Å². The van der Waals surface area contributed by atoms with Gasteiger partial charge in [0, 0.05) is 5.69 Å². The van der Waals surface area contributed by atoms with E-state index in [-0.39, 0.29) is 17.2 Å². The van der Waals surface area contributed by atoms with E-state index in [2.05, 4.69) is 0 Å². The maximum Gasteiger partial charge on any atom is 0.115 e. The predicted octanol–water partition coefficient (Wildman–Crippen LogP) is 4.77. The molecule has 0 unspecified atom stereocenters. The van der Waals surface area contributed by atoms with Gasteiger partial charge in [0.15, 0.2) is 0 Å². The molecule has 0 aliphatic carbocycles. The maximum atomic E-state index is 9.86. The summed E-state index contributed by atoms with van der Waals surface area (Å²) in [4.78, 5) is 0. The number of benzene rings is 4.